The number of halogens is 2. The zero-order chi connectivity index (χ0) is 18.5. The summed E-state index contributed by atoms with van der Waals surface area (Å²) in [5.74, 6) is 0.416. The van der Waals surface area contributed by atoms with E-state index in [2.05, 4.69) is 30.1 Å². The van der Waals surface area contributed by atoms with Crippen LogP contribution in [0.15, 0.2) is 0 Å². The van der Waals surface area contributed by atoms with Crippen LogP contribution in [0.5, 0.6) is 0 Å². The molecule has 4 fully saturated rings. The smallest absolute Gasteiger partial charge is 0.354 e. The molecule has 2 atom stereocenters. The number of esters is 1. The van der Waals surface area contributed by atoms with E-state index in [1.165, 1.54) is 0 Å². The van der Waals surface area contributed by atoms with E-state index >= 15 is 0 Å². The van der Waals surface area contributed by atoms with E-state index in [0.717, 1.165) is 32.1 Å². The quantitative estimate of drug-likeness (QED) is 0.304. The van der Waals surface area contributed by atoms with Crippen LogP contribution in [0.2, 0.25) is 0 Å². The minimum Gasteiger partial charge on any atom is -0.691 e. The van der Waals surface area contributed by atoms with Gasteiger partial charge < -0.3 is 9.99 Å². The molecule has 0 N–H and O–H groups in total. The van der Waals surface area contributed by atoms with Crippen LogP contribution >= 0.6 is 12.0 Å². The van der Waals surface area contributed by atoms with E-state index < -0.39 is 35.3 Å². The van der Waals surface area contributed by atoms with Crippen molar-refractivity contribution in [1.82, 2.24) is 0 Å². The van der Waals surface area contributed by atoms with Crippen molar-refractivity contribution in [3.8, 4) is 0 Å². The van der Waals surface area contributed by atoms with Gasteiger partial charge in [-0.1, -0.05) is 20.8 Å². The summed E-state index contributed by atoms with van der Waals surface area (Å²) in [6.07, 6.45) is 5.55. The first kappa shape index (κ1) is 19.3. The average Bonchev–Trinajstić information content (AvgIpc) is 2.48. The zero-order valence-corrected chi connectivity index (χ0v) is 15.6. The maximum absolute atomic E-state index is 13.5. The summed E-state index contributed by atoms with van der Waals surface area (Å²) in [5, 5.41) is 9.09. The molecule has 0 heterocycles. The molecular weight excluding hydrogens is 354 g/mol. The van der Waals surface area contributed by atoms with Gasteiger partial charge in [0, 0.05) is 0 Å². The second kappa shape index (κ2) is 6.32. The van der Waals surface area contributed by atoms with Crippen molar-refractivity contribution in [2.24, 2.45) is 28.1 Å². The summed E-state index contributed by atoms with van der Waals surface area (Å²) < 4.78 is 35.8. The highest BCUT2D eigenvalue weighted by atomic mass is 32.2. The minimum absolute atomic E-state index is 0.0649. The van der Waals surface area contributed by atoms with Gasteiger partial charge in [-0.2, -0.15) is 13.1 Å². The van der Waals surface area contributed by atoms with Crippen LogP contribution in [0.25, 0.3) is 0 Å². The number of carbonyl (C=O) groups is 1. The second-order valence-corrected chi connectivity index (χ2v) is 10.1. The van der Waals surface area contributed by atoms with Gasteiger partial charge in [0.1, 0.15) is 12.0 Å². The number of hydrogen-bond donors (Lipinski definition) is 0. The van der Waals surface area contributed by atoms with E-state index in [1.807, 2.05) is 0 Å². The number of hydrogen-bond acceptors (Lipinski definition) is 6. The van der Waals surface area contributed by atoms with Crippen molar-refractivity contribution < 1.29 is 32.9 Å². The highest BCUT2D eigenvalue weighted by Crippen LogP contribution is 2.70. The average molecular weight is 379 g/mol. The van der Waals surface area contributed by atoms with Crippen LogP contribution in [-0.4, -0.2) is 17.8 Å². The lowest BCUT2D eigenvalue weighted by molar-refractivity contribution is -0.777. The zero-order valence-electron chi connectivity index (χ0n) is 14.8. The monoisotopic (exact) mass is 379 g/mol. The third kappa shape index (κ3) is 3.55. The summed E-state index contributed by atoms with van der Waals surface area (Å²) in [6.45, 7) is 5.51. The summed E-state index contributed by atoms with van der Waals surface area (Å²) in [6, 6.07) is 0. The maximum Gasteiger partial charge on any atom is 0.354 e. The lowest BCUT2D eigenvalue weighted by Gasteiger charge is -2.65. The molecule has 25 heavy (non-hydrogen) atoms. The number of alkyl halides is 2. The predicted octanol–water partition coefficient (Wildman–Crippen LogP) is 3.63. The molecule has 144 valence electrons. The molecule has 0 aromatic rings. The predicted molar refractivity (Wildman–Crippen MR) is 84.7 cm³/mol. The van der Waals surface area contributed by atoms with Gasteiger partial charge in [0.25, 0.3) is 0 Å². The third-order valence-electron chi connectivity index (χ3n) is 6.64. The summed E-state index contributed by atoms with van der Waals surface area (Å²) >= 11 is -0.444. The van der Waals surface area contributed by atoms with Gasteiger partial charge in [-0.05, 0) is 61.2 Å². The van der Waals surface area contributed by atoms with Crippen molar-refractivity contribution in [2.75, 3.05) is 6.61 Å². The molecule has 4 bridgehead atoms. The minimum atomic E-state index is -3.52. The van der Waals surface area contributed by atoms with Crippen molar-refractivity contribution in [3.05, 3.63) is 0 Å². The fourth-order valence-corrected chi connectivity index (χ4v) is 6.00. The van der Waals surface area contributed by atoms with E-state index in [1.54, 1.807) is 0 Å². The highest BCUT2D eigenvalue weighted by Gasteiger charge is 2.64. The fraction of sp³-hybridized carbons (Fsp3) is 0.941. The molecular formula is C17H25F2O5S-. The molecule has 5 nitrogen and oxygen atoms in total. The van der Waals surface area contributed by atoms with Crippen molar-refractivity contribution in [3.63, 3.8) is 0 Å². The molecule has 0 spiro atoms. The van der Waals surface area contributed by atoms with E-state index in [9.17, 15) is 18.8 Å². The van der Waals surface area contributed by atoms with Crippen LogP contribution in [0.1, 0.15) is 59.3 Å². The summed E-state index contributed by atoms with van der Waals surface area (Å²) in [5.41, 5.74) is -0.504. The Balaban J connectivity index is 1.72. The van der Waals surface area contributed by atoms with Gasteiger partial charge in [-0.3, -0.25) is 9.83 Å². The van der Waals surface area contributed by atoms with E-state index in [0.29, 0.717) is 18.3 Å². The Hall–Kier alpha value is -0.440. The van der Waals surface area contributed by atoms with E-state index in [-0.39, 0.29) is 10.8 Å². The molecule has 0 saturated heterocycles. The standard InChI is InChI=1S/C17H26F2O5S/c1-14(2,3)16-7-11-4-12(8-16)6-15(5-11,9-16)13(20)22-10-17(18,19)25-24-23-21/h11-12,21H,4-10H2,1-3H3/p-1. The molecule has 0 radical (unpaired) electrons. The van der Waals surface area contributed by atoms with Gasteiger partial charge in [0.05, 0.1) is 5.41 Å². The Morgan fingerprint density at radius 2 is 1.80 bits per heavy atom. The Labute approximate surface area is 150 Å². The van der Waals surface area contributed by atoms with Crippen molar-refractivity contribution >= 4 is 18.0 Å². The molecule has 2 unspecified atom stereocenters. The van der Waals surface area contributed by atoms with Crippen LogP contribution in [0.3, 0.4) is 0 Å². The maximum atomic E-state index is 13.5. The van der Waals surface area contributed by atoms with Crippen molar-refractivity contribution in [2.45, 2.75) is 64.6 Å². The number of rotatable bonds is 6. The Morgan fingerprint density at radius 1 is 1.20 bits per heavy atom. The molecule has 0 amide bonds. The molecule has 0 aliphatic heterocycles. The number of carbonyl (C=O) groups excluding carboxylic acids is 1. The van der Waals surface area contributed by atoms with Crippen molar-refractivity contribution in [1.29, 1.82) is 0 Å². The third-order valence-corrected chi connectivity index (χ3v) is 7.13. The SMILES string of the molecule is CC(C)(C)C12CC3CC(CC(C(=O)OCC(F)(F)SOO[O-])(C3)C1)C2. The van der Waals surface area contributed by atoms with Gasteiger partial charge in [0.15, 0.2) is 6.61 Å². The molecule has 4 rings (SSSR count). The number of ether oxygens (including phenoxy) is 1. The Bertz CT molecular complexity index is 520. The van der Waals surface area contributed by atoms with Gasteiger partial charge in [-0.15, -0.1) is 0 Å². The molecule has 8 heteroatoms. The summed E-state index contributed by atoms with van der Waals surface area (Å²) in [4.78, 5) is 12.8. The molecule has 0 aromatic carbocycles. The largest absolute Gasteiger partial charge is 0.691 e. The van der Waals surface area contributed by atoms with Crippen LogP contribution in [0.4, 0.5) is 8.78 Å². The summed E-state index contributed by atoms with van der Waals surface area (Å²) in [7, 11) is 0. The van der Waals surface area contributed by atoms with Crippen LogP contribution < -0.4 is 5.26 Å². The Kier molecular flexibility index (Phi) is 4.88. The van der Waals surface area contributed by atoms with Gasteiger partial charge >= 0.3 is 11.2 Å². The first-order valence-corrected chi connectivity index (χ1v) is 9.44. The Morgan fingerprint density at radius 3 is 2.32 bits per heavy atom. The highest BCUT2D eigenvalue weighted by molar-refractivity contribution is 7.95. The van der Waals surface area contributed by atoms with Gasteiger partial charge in [0.2, 0.25) is 0 Å². The molecule has 4 aliphatic rings. The normalized spacial score (nSPS) is 37.4. The molecule has 4 saturated carbocycles. The topological polar surface area (TPSA) is 67.8 Å². The van der Waals surface area contributed by atoms with E-state index in [4.69, 9.17) is 4.74 Å². The van der Waals surface area contributed by atoms with Gasteiger partial charge in [-0.25, -0.2) is 0 Å². The first-order chi connectivity index (χ1) is 11.5. The fourth-order valence-electron chi connectivity index (χ4n) is 5.77. The molecule has 4 aliphatic carbocycles. The van der Waals surface area contributed by atoms with Crippen LogP contribution in [0, 0.1) is 28.1 Å². The first-order valence-electron chi connectivity index (χ1n) is 8.70. The lowest BCUT2D eigenvalue weighted by Crippen LogP contribution is -2.59. The second-order valence-electron chi connectivity index (χ2n) is 9.20. The molecule has 0 aromatic heterocycles. The lowest BCUT2D eigenvalue weighted by atomic mass is 9.39. The van der Waals surface area contributed by atoms with Crippen LogP contribution in [-0.2, 0) is 18.9 Å².